The van der Waals surface area contributed by atoms with E-state index in [9.17, 15) is 0 Å². The molecule has 0 radical (unpaired) electrons. The third-order valence-electron chi connectivity index (χ3n) is 8.05. The molecule has 9 rings (SSSR count). The van der Waals surface area contributed by atoms with E-state index < -0.39 is 0 Å². The minimum absolute atomic E-state index is 0.608. The number of rotatable bonds is 2. The molecule has 1 aliphatic rings. The van der Waals surface area contributed by atoms with Crippen molar-refractivity contribution in [1.29, 1.82) is 0 Å². The number of ether oxygens (including phenoxy) is 1. The molecule has 0 unspecified atom stereocenters. The van der Waals surface area contributed by atoms with Crippen LogP contribution in [0.2, 0.25) is 0 Å². The quantitative estimate of drug-likeness (QED) is 0.217. The van der Waals surface area contributed by atoms with Gasteiger partial charge in [-0.05, 0) is 53.6 Å². The van der Waals surface area contributed by atoms with E-state index in [0.29, 0.717) is 5.88 Å². The van der Waals surface area contributed by atoms with Crippen LogP contribution in [-0.2, 0) is 0 Å². The minimum Gasteiger partial charge on any atom is -0.437 e. The van der Waals surface area contributed by atoms with Crippen LogP contribution in [0.5, 0.6) is 11.6 Å². The Morgan fingerprint density at radius 2 is 1.38 bits per heavy atom. The van der Waals surface area contributed by atoms with Crippen LogP contribution in [0.25, 0.3) is 71.6 Å². The average Bonchev–Trinajstić information content (AvgIpc) is 3.35. The van der Waals surface area contributed by atoms with Crippen molar-refractivity contribution >= 4 is 43.5 Å². The van der Waals surface area contributed by atoms with E-state index in [-0.39, 0.29) is 0 Å². The highest BCUT2D eigenvalue weighted by atomic mass is 16.5. The Kier molecular flexibility index (Phi) is 4.30. The third-order valence-corrected chi connectivity index (χ3v) is 8.05. The maximum Gasteiger partial charge on any atom is 0.229 e. The lowest BCUT2D eigenvalue weighted by Crippen LogP contribution is -2.03. The molecule has 0 aliphatic carbocycles. The number of nitrogens with zero attached hydrogens (tertiary/aromatic N) is 3. The molecular weight excluding hydrogens is 490 g/mol. The Bertz CT molecular complexity index is 2300. The van der Waals surface area contributed by atoms with Gasteiger partial charge in [-0.3, -0.25) is 4.98 Å². The molecule has 186 valence electrons. The Morgan fingerprint density at radius 1 is 0.575 bits per heavy atom. The molecule has 1 aliphatic heterocycles. The SMILES string of the molecule is c1ccc(-c2ccc3c(c2)c2ccccc2n3-c2ccc3c(c2)Oc2nc4ccccc4c4ccnc-3c24)cc1. The van der Waals surface area contributed by atoms with Crippen molar-refractivity contribution in [3.63, 3.8) is 0 Å². The first-order valence-electron chi connectivity index (χ1n) is 13.4. The summed E-state index contributed by atoms with van der Waals surface area (Å²) in [5.74, 6) is 1.37. The maximum atomic E-state index is 6.53. The molecule has 4 heteroatoms. The largest absolute Gasteiger partial charge is 0.437 e. The lowest BCUT2D eigenvalue weighted by Gasteiger charge is -2.21. The number of hydrogen-bond donors (Lipinski definition) is 0. The van der Waals surface area contributed by atoms with Gasteiger partial charge in [0.25, 0.3) is 0 Å². The fourth-order valence-electron chi connectivity index (χ4n) is 6.24. The molecule has 0 N–H and O–H groups in total. The molecule has 3 aromatic heterocycles. The lowest BCUT2D eigenvalue weighted by molar-refractivity contribution is 0.469. The molecule has 0 saturated heterocycles. The van der Waals surface area contributed by atoms with Crippen LogP contribution in [0.15, 0.2) is 128 Å². The number of hydrogen-bond acceptors (Lipinski definition) is 3. The molecule has 0 spiro atoms. The fraction of sp³-hybridized carbons (Fsp3) is 0. The lowest BCUT2D eigenvalue weighted by atomic mass is 9.99. The van der Waals surface area contributed by atoms with Crippen molar-refractivity contribution in [3.05, 3.63) is 128 Å². The molecule has 0 fully saturated rings. The van der Waals surface area contributed by atoms with Crippen molar-refractivity contribution in [3.8, 4) is 39.7 Å². The van der Waals surface area contributed by atoms with Gasteiger partial charge in [-0.1, -0.05) is 72.8 Å². The van der Waals surface area contributed by atoms with Crippen LogP contribution < -0.4 is 4.74 Å². The normalized spacial score (nSPS) is 12.2. The highest BCUT2D eigenvalue weighted by molar-refractivity contribution is 6.14. The topological polar surface area (TPSA) is 39.9 Å². The molecule has 0 saturated carbocycles. The molecular formula is C36H21N3O. The Hall–Kier alpha value is -5.48. The predicted molar refractivity (Wildman–Crippen MR) is 162 cm³/mol. The van der Waals surface area contributed by atoms with E-state index in [4.69, 9.17) is 14.7 Å². The van der Waals surface area contributed by atoms with Gasteiger partial charge in [-0.25, -0.2) is 4.98 Å². The van der Waals surface area contributed by atoms with E-state index in [2.05, 4.69) is 108 Å². The van der Waals surface area contributed by atoms with Gasteiger partial charge in [0.1, 0.15) is 5.75 Å². The van der Waals surface area contributed by atoms with Crippen molar-refractivity contribution in [2.75, 3.05) is 0 Å². The molecule has 0 atom stereocenters. The van der Waals surface area contributed by atoms with E-state index in [1.54, 1.807) is 0 Å². The van der Waals surface area contributed by atoms with E-state index in [1.165, 1.54) is 21.9 Å². The van der Waals surface area contributed by atoms with Gasteiger partial charge in [0, 0.05) is 45.1 Å². The number of benzene rings is 5. The Morgan fingerprint density at radius 3 is 2.30 bits per heavy atom. The standard InChI is InChI=1S/C36H21N3O/c1-2-8-22(9-3-1)23-14-17-32-29(20-23)26-11-5-7-13-31(26)39(32)24-15-16-28-33(21-24)40-36-34-27(18-19-37-35(28)34)25-10-4-6-12-30(25)38-36/h1-21H. The highest BCUT2D eigenvalue weighted by Gasteiger charge is 2.25. The summed E-state index contributed by atoms with van der Waals surface area (Å²) in [6, 6.07) is 42.5. The first-order valence-corrected chi connectivity index (χ1v) is 13.4. The third kappa shape index (κ3) is 2.96. The highest BCUT2D eigenvalue weighted by Crippen LogP contribution is 2.47. The number of aromatic nitrogens is 3. The van der Waals surface area contributed by atoms with E-state index in [0.717, 1.165) is 55.4 Å². The summed E-state index contributed by atoms with van der Waals surface area (Å²) in [5, 5.41) is 5.62. The van der Waals surface area contributed by atoms with Gasteiger partial charge in [0.05, 0.1) is 27.6 Å². The van der Waals surface area contributed by atoms with Gasteiger partial charge in [0.2, 0.25) is 5.88 Å². The van der Waals surface area contributed by atoms with Crippen LogP contribution in [0.1, 0.15) is 0 Å². The number of fused-ring (bicyclic) bond motifs is 7. The zero-order valence-corrected chi connectivity index (χ0v) is 21.4. The first kappa shape index (κ1) is 21.5. The van der Waals surface area contributed by atoms with Gasteiger partial charge in [-0.15, -0.1) is 0 Å². The van der Waals surface area contributed by atoms with Crippen LogP contribution in [0, 0.1) is 0 Å². The van der Waals surface area contributed by atoms with Crippen molar-refractivity contribution in [1.82, 2.24) is 14.5 Å². The summed E-state index contributed by atoms with van der Waals surface area (Å²) in [6.07, 6.45) is 1.88. The molecule has 5 aromatic carbocycles. The Labute approximate surface area is 229 Å². The average molecular weight is 512 g/mol. The first-order chi connectivity index (χ1) is 19.8. The van der Waals surface area contributed by atoms with Crippen LogP contribution in [0.3, 0.4) is 0 Å². The summed E-state index contributed by atoms with van der Waals surface area (Å²) in [6.45, 7) is 0. The number of pyridine rings is 2. The van der Waals surface area contributed by atoms with Crippen LogP contribution in [-0.4, -0.2) is 14.5 Å². The monoisotopic (exact) mass is 511 g/mol. The summed E-state index contributed by atoms with van der Waals surface area (Å²) in [5.41, 5.74) is 8.57. The van der Waals surface area contributed by atoms with Crippen molar-refractivity contribution in [2.45, 2.75) is 0 Å². The molecule has 4 heterocycles. The summed E-state index contributed by atoms with van der Waals surface area (Å²) in [7, 11) is 0. The summed E-state index contributed by atoms with van der Waals surface area (Å²) >= 11 is 0. The zero-order valence-electron chi connectivity index (χ0n) is 21.4. The van der Waals surface area contributed by atoms with Gasteiger partial charge in [-0.2, -0.15) is 0 Å². The second kappa shape index (κ2) is 8.01. The van der Waals surface area contributed by atoms with Crippen LogP contribution in [0.4, 0.5) is 0 Å². The second-order valence-corrected chi connectivity index (χ2v) is 10.2. The van der Waals surface area contributed by atoms with Crippen molar-refractivity contribution < 1.29 is 4.74 Å². The molecule has 8 aromatic rings. The smallest absolute Gasteiger partial charge is 0.229 e. The molecule has 0 amide bonds. The van der Waals surface area contributed by atoms with Crippen LogP contribution >= 0.6 is 0 Å². The molecule has 0 bridgehead atoms. The van der Waals surface area contributed by atoms with Gasteiger partial charge < -0.3 is 9.30 Å². The minimum atomic E-state index is 0.608. The summed E-state index contributed by atoms with van der Waals surface area (Å²) < 4.78 is 8.85. The fourth-order valence-corrected chi connectivity index (χ4v) is 6.24. The number of para-hydroxylation sites is 2. The Balaban J connectivity index is 1.27. The summed E-state index contributed by atoms with van der Waals surface area (Å²) in [4.78, 5) is 9.68. The second-order valence-electron chi connectivity index (χ2n) is 10.2. The van der Waals surface area contributed by atoms with Crippen molar-refractivity contribution in [2.24, 2.45) is 0 Å². The van der Waals surface area contributed by atoms with E-state index >= 15 is 0 Å². The van der Waals surface area contributed by atoms with E-state index in [1.807, 2.05) is 24.4 Å². The molecule has 40 heavy (non-hydrogen) atoms. The van der Waals surface area contributed by atoms with Gasteiger partial charge in [0.15, 0.2) is 0 Å². The van der Waals surface area contributed by atoms with Gasteiger partial charge >= 0.3 is 0 Å². The predicted octanol–water partition coefficient (Wildman–Crippen LogP) is 9.32. The maximum absolute atomic E-state index is 6.53. The molecule has 4 nitrogen and oxygen atoms in total. The zero-order chi connectivity index (χ0) is 26.2.